The first-order chi connectivity index (χ1) is 13.2. The van der Waals surface area contributed by atoms with Crippen LogP contribution in [0.15, 0.2) is 30.3 Å². The van der Waals surface area contributed by atoms with Gasteiger partial charge in [-0.1, -0.05) is 6.07 Å². The van der Waals surface area contributed by atoms with Crippen molar-refractivity contribution in [3.63, 3.8) is 0 Å². The maximum absolute atomic E-state index is 9.20. The molecule has 1 fully saturated rings. The van der Waals surface area contributed by atoms with Gasteiger partial charge in [-0.3, -0.25) is 0 Å². The molecule has 2 aromatic carbocycles. The first kappa shape index (κ1) is 17.2. The van der Waals surface area contributed by atoms with E-state index in [1.54, 1.807) is 5.56 Å². The number of aryl methyl sites for hydroxylation is 1. The van der Waals surface area contributed by atoms with Crippen LogP contribution in [0, 0.1) is 24.2 Å². The van der Waals surface area contributed by atoms with Crippen molar-refractivity contribution in [2.45, 2.75) is 25.0 Å². The summed E-state index contributed by atoms with van der Waals surface area (Å²) in [6.07, 6.45) is 1.28. The van der Waals surface area contributed by atoms with Crippen LogP contribution in [0.1, 0.15) is 34.6 Å². The SMILES string of the molecule is Cc1cc(C#N)ccc1-c1cc2c3c(c1)C1CNCCC1CN3CCSC2. The third-order valence-electron chi connectivity index (χ3n) is 6.44. The second kappa shape index (κ2) is 6.89. The fraction of sp³-hybridized carbons (Fsp3) is 0.435. The van der Waals surface area contributed by atoms with E-state index in [4.69, 9.17) is 0 Å². The molecule has 3 nitrogen and oxygen atoms in total. The van der Waals surface area contributed by atoms with Gasteiger partial charge in [0.1, 0.15) is 0 Å². The quantitative estimate of drug-likeness (QED) is 0.807. The van der Waals surface area contributed by atoms with Crippen molar-refractivity contribution in [1.82, 2.24) is 5.32 Å². The molecule has 2 aromatic rings. The summed E-state index contributed by atoms with van der Waals surface area (Å²) in [5.74, 6) is 3.72. The van der Waals surface area contributed by atoms with Gasteiger partial charge in [-0.15, -0.1) is 0 Å². The van der Waals surface area contributed by atoms with E-state index in [9.17, 15) is 5.26 Å². The van der Waals surface area contributed by atoms with Gasteiger partial charge in [0.2, 0.25) is 0 Å². The number of fused-ring (bicyclic) bond motifs is 2. The number of thioether (sulfide) groups is 1. The molecule has 1 N–H and O–H groups in total. The molecule has 0 aromatic heterocycles. The number of nitrogens with zero attached hydrogens (tertiary/aromatic N) is 2. The Morgan fingerprint density at radius 3 is 3.04 bits per heavy atom. The van der Waals surface area contributed by atoms with Crippen LogP contribution < -0.4 is 10.2 Å². The molecule has 138 valence electrons. The minimum atomic E-state index is 0.630. The van der Waals surface area contributed by atoms with Crippen LogP contribution in [0.2, 0.25) is 0 Å². The molecule has 5 rings (SSSR count). The topological polar surface area (TPSA) is 39.1 Å². The van der Waals surface area contributed by atoms with Crippen LogP contribution in [0.5, 0.6) is 0 Å². The zero-order chi connectivity index (χ0) is 18.4. The van der Waals surface area contributed by atoms with E-state index in [1.807, 2.05) is 12.1 Å². The molecular formula is C23H25N3S. The number of anilines is 1. The molecule has 0 amide bonds. The number of hydrogen-bond acceptors (Lipinski definition) is 4. The van der Waals surface area contributed by atoms with Crippen molar-refractivity contribution < 1.29 is 0 Å². The van der Waals surface area contributed by atoms with Gasteiger partial charge in [0.15, 0.2) is 0 Å². The molecule has 3 aliphatic heterocycles. The lowest BCUT2D eigenvalue weighted by molar-refractivity contribution is 0.313. The Labute approximate surface area is 165 Å². The fourth-order valence-electron chi connectivity index (χ4n) is 5.14. The predicted octanol–water partition coefficient (Wildman–Crippen LogP) is 4.29. The summed E-state index contributed by atoms with van der Waals surface area (Å²) < 4.78 is 0. The highest BCUT2D eigenvalue weighted by atomic mass is 32.2. The van der Waals surface area contributed by atoms with Crippen molar-refractivity contribution in [3.8, 4) is 17.2 Å². The molecule has 0 bridgehead atoms. The van der Waals surface area contributed by atoms with Crippen LogP contribution in [-0.4, -0.2) is 31.9 Å². The molecule has 0 saturated carbocycles. The summed E-state index contributed by atoms with van der Waals surface area (Å²) in [4.78, 5) is 2.67. The number of hydrogen-bond donors (Lipinski definition) is 1. The smallest absolute Gasteiger partial charge is 0.0991 e. The van der Waals surface area contributed by atoms with Crippen LogP contribution in [0.3, 0.4) is 0 Å². The lowest BCUT2D eigenvalue weighted by atomic mass is 9.75. The third-order valence-corrected chi connectivity index (χ3v) is 7.43. The molecule has 4 heteroatoms. The Morgan fingerprint density at radius 1 is 1.26 bits per heavy atom. The van der Waals surface area contributed by atoms with Gasteiger partial charge in [-0.25, -0.2) is 0 Å². The van der Waals surface area contributed by atoms with Gasteiger partial charge in [0.25, 0.3) is 0 Å². The van der Waals surface area contributed by atoms with Crippen molar-refractivity contribution in [1.29, 1.82) is 5.26 Å². The molecule has 0 aliphatic carbocycles. The predicted molar refractivity (Wildman–Crippen MR) is 113 cm³/mol. The molecule has 0 radical (unpaired) electrons. The van der Waals surface area contributed by atoms with Crippen LogP contribution >= 0.6 is 11.8 Å². The van der Waals surface area contributed by atoms with E-state index < -0.39 is 0 Å². The number of piperidine rings is 1. The maximum Gasteiger partial charge on any atom is 0.0991 e. The lowest BCUT2D eigenvalue weighted by Crippen LogP contribution is -2.46. The molecule has 3 aliphatic rings. The first-order valence-electron chi connectivity index (χ1n) is 9.96. The Hall–Kier alpha value is -1.96. The number of nitriles is 1. The van der Waals surface area contributed by atoms with Crippen LogP contribution in [0.4, 0.5) is 5.69 Å². The summed E-state index contributed by atoms with van der Waals surface area (Å²) in [5.41, 5.74) is 9.09. The van der Waals surface area contributed by atoms with E-state index >= 15 is 0 Å². The van der Waals surface area contributed by atoms with E-state index in [1.165, 1.54) is 53.2 Å². The van der Waals surface area contributed by atoms with Gasteiger partial charge in [0.05, 0.1) is 11.6 Å². The molecule has 3 heterocycles. The van der Waals surface area contributed by atoms with E-state index in [0.717, 1.165) is 30.3 Å². The molecule has 0 spiro atoms. The van der Waals surface area contributed by atoms with Gasteiger partial charge in [-0.05, 0) is 77.9 Å². The summed E-state index contributed by atoms with van der Waals surface area (Å²) in [6, 6.07) is 13.2. The Balaban J connectivity index is 1.68. The average molecular weight is 376 g/mol. The summed E-state index contributed by atoms with van der Waals surface area (Å²) in [7, 11) is 0. The first-order valence-corrected chi connectivity index (χ1v) is 11.1. The van der Waals surface area contributed by atoms with E-state index in [0.29, 0.717) is 5.92 Å². The summed E-state index contributed by atoms with van der Waals surface area (Å²) >= 11 is 2.06. The third kappa shape index (κ3) is 2.94. The van der Waals surface area contributed by atoms with Crippen molar-refractivity contribution >= 4 is 17.4 Å². The molecule has 2 unspecified atom stereocenters. The number of nitrogens with one attached hydrogen (secondary N) is 1. The summed E-state index contributed by atoms with van der Waals surface area (Å²) in [6.45, 7) is 6.78. The molecular weight excluding hydrogens is 350 g/mol. The van der Waals surface area contributed by atoms with Gasteiger partial charge >= 0.3 is 0 Å². The second-order valence-corrected chi connectivity index (χ2v) is 9.18. The van der Waals surface area contributed by atoms with Crippen molar-refractivity contribution in [2.75, 3.05) is 36.8 Å². The zero-order valence-corrected chi connectivity index (χ0v) is 16.6. The maximum atomic E-state index is 9.20. The van der Waals surface area contributed by atoms with E-state index in [2.05, 4.69) is 53.2 Å². The monoisotopic (exact) mass is 375 g/mol. The van der Waals surface area contributed by atoms with Crippen molar-refractivity contribution in [2.24, 2.45) is 5.92 Å². The van der Waals surface area contributed by atoms with Gasteiger partial charge in [0, 0.05) is 42.7 Å². The minimum absolute atomic E-state index is 0.630. The highest BCUT2D eigenvalue weighted by Gasteiger charge is 2.37. The molecule has 27 heavy (non-hydrogen) atoms. The summed E-state index contributed by atoms with van der Waals surface area (Å²) in [5, 5.41) is 12.8. The van der Waals surface area contributed by atoms with E-state index in [-0.39, 0.29) is 0 Å². The van der Waals surface area contributed by atoms with Gasteiger partial charge < -0.3 is 10.2 Å². The Bertz CT molecular complexity index is 930. The minimum Gasteiger partial charge on any atom is -0.370 e. The Morgan fingerprint density at radius 2 is 2.19 bits per heavy atom. The average Bonchev–Trinajstić information content (AvgIpc) is 2.90. The highest BCUT2D eigenvalue weighted by Crippen LogP contribution is 2.47. The van der Waals surface area contributed by atoms with Crippen LogP contribution in [-0.2, 0) is 5.75 Å². The van der Waals surface area contributed by atoms with Crippen LogP contribution in [0.25, 0.3) is 11.1 Å². The second-order valence-electron chi connectivity index (χ2n) is 8.07. The lowest BCUT2D eigenvalue weighted by Gasteiger charge is -2.44. The normalized spacial score (nSPS) is 23.8. The van der Waals surface area contributed by atoms with Crippen molar-refractivity contribution in [3.05, 3.63) is 52.6 Å². The number of benzene rings is 2. The largest absolute Gasteiger partial charge is 0.370 e. The fourth-order valence-corrected chi connectivity index (χ4v) is 6.07. The number of rotatable bonds is 1. The Kier molecular flexibility index (Phi) is 4.38. The molecule has 1 saturated heterocycles. The van der Waals surface area contributed by atoms with Gasteiger partial charge in [-0.2, -0.15) is 17.0 Å². The highest BCUT2D eigenvalue weighted by molar-refractivity contribution is 7.98. The zero-order valence-electron chi connectivity index (χ0n) is 15.8. The standard InChI is InChI=1S/C23H25N3S/c1-15-8-16(11-24)2-3-20(15)18-9-19-14-27-7-6-26-13-17-4-5-25-12-22(17)21(10-18)23(19)26/h2-3,8-10,17,22,25H,4-7,12-14H2,1H3. The molecule has 2 atom stereocenters.